The van der Waals surface area contributed by atoms with E-state index in [0.717, 1.165) is 21.1 Å². The third kappa shape index (κ3) is 4.45. The Hall–Kier alpha value is -3.19. The van der Waals surface area contributed by atoms with Gasteiger partial charge < -0.3 is 26.6 Å². The van der Waals surface area contributed by atoms with Gasteiger partial charge in [-0.25, -0.2) is 9.59 Å². The Kier molecular flexibility index (Phi) is 7.41. The fourth-order valence-electron chi connectivity index (χ4n) is 5.02. The molecular weight excluding hydrogens is 460 g/mol. The first-order chi connectivity index (χ1) is 16.5. The fourth-order valence-corrected chi connectivity index (χ4v) is 5.02. The summed E-state index contributed by atoms with van der Waals surface area (Å²) < 4.78 is 0. The molecule has 2 heterocycles. The lowest BCUT2D eigenvalue weighted by Crippen LogP contribution is -2.61. The minimum absolute atomic E-state index is 0.0856. The fraction of sp³-hybridized carbons (Fsp3) is 0.682. The van der Waals surface area contributed by atoms with Crippen molar-refractivity contribution >= 4 is 29.8 Å². The van der Waals surface area contributed by atoms with Crippen molar-refractivity contribution in [1.82, 2.24) is 20.0 Å². The number of nitrogens with one attached hydrogen (secondary N) is 1. The molecule has 0 spiro atoms. The van der Waals surface area contributed by atoms with E-state index in [0.29, 0.717) is 32.1 Å². The summed E-state index contributed by atoms with van der Waals surface area (Å²) in [4.78, 5) is 66.8. The zero-order valence-corrected chi connectivity index (χ0v) is 20.1. The maximum atomic E-state index is 13.2. The Balaban J connectivity index is 1.79. The van der Waals surface area contributed by atoms with Crippen molar-refractivity contribution in [3.63, 3.8) is 0 Å². The summed E-state index contributed by atoms with van der Waals surface area (Å²) in [6, 6.07) is -1.90. The van der Waals surface area contributed by atoms with Gasteiger partial charge in [0.05, 0.1) is 13.2 Å². The van der Waals surface area contributed by atoms with Crippen LogP contribution in [0.15, 0.2) is 11.4 Å². The predicted octanol–water partition coefficient (Wildman–Crippen LogP) is -1.07. The summed E-state index contributed by atoms with van der Waals surface area (Å²) in [5.41, 5.74) is 8.59. The predicted molar refractivity (Wildman–Crippen MR) is 122 cm³/mol. The third-order valence-electron chi connectivity index (χ3n) is 7.35. The number of hydrogen-bond donors (Lipinski definition) is 5. The van der Waals surface area contributed by atoms with Crippen molar-refractivity contribution in [2.45, 2.75) is 64.0 Å². The van der Waals surface area contributed by atoms with E-state index in [1.54, 1.807) is 0 Å². The van der Waals surface area contributed by atoms with Crippen molar-refractivity contribution < 1.29 is 34.2 Å². The average Bonchev–Trinajstić information content (AvgIpc) is 3.03. The van der Waals surface area contributed by atoms with Gasteiger partial charge in [-0.1, -0.05) is 20.3 Å². The molecule has 3 rings (SSSR count). The maximum Gasteiger partial charge on any atom is 0.334 e. The van der Waals surface area contributed by atoms with Gasteiger partial charge in [-0.3, -0.25) is 29.5 Å². The van der Waals surface area contributed by atoms with Crippen LogP contribution in [0.5, 0.6) is 0 Å². The maximum absolute atomic E-state index is 13.2. The first-order valence-corrected chi connectivity index (χ1v) is 11.8. The third-order valence-corrected chi connectivity index (χ3v) is 7.35. The highest BCUT2D eigenvalue weighted by Crippen LogP contribution is 2.41. The molecule has 2 saturated heterocycles. The average molecular weight is 495 g/mol. The van der Waals surface area contributed by atoms with Crippen LogP contribution in [0.4, 0.5) is 9.59 Å². The highest BCUT2D eigenvalue weighted by atomic mass is 16.3. The number of unbranched alkanes of at least 4 members (excludes halogenated alkanes) is 1. The molecule has 0 aromatic carbocycles. The zero-order chi connectivity index (χ0) is 26.1. The van der Waals surface area contributed by atoms with Gasteiger partial charge in [-0.05, 0) is 37.5 Å². The van der Waals surface area contributed by atoms with Crippen molar-refractivity contribution in [2.75, 3.05) is 26.3 Å². The second-order valence-corrected chi connectivity index (χ2v) is 9.83. The smallest absolute Gasteiger partial charge is 0.334 e. The summed E-state index contributed by atoms with van der Waals surface area (Å²) in [6.07, 6.45) is 3.01. The Labute approximate surface area is 203 Å². The van der Waals surface area contributed by atoms with E-state index in [4.69, 9.17) is 11.5 Å². The van der Waals surface area contributed by atoms with Gasteiger partial charge >= 0.3 is 12.1 Å². The standard InChI is InChI=1S/C22H34N6O7/c1-3-4-9-26-16(31)14(15(23)24)17(32)28(20(26)35)13-5-7-21(2,8-6-13)10-27-19(34)25-18(33)22(27,11-29)12-30/h13,29-30H,3-12,23-24H2,1-2H3,(H,25,33,34). The molecule has 2 aliphatic heterocycles. The number of barbiturate groups is 1. The number of imide groups is 3. The van der Waals surface area contributed by atoms with Crippen LogP contribution >= 0.6 is 0 Å². The van der Waals surface area contributed by atoms with Crippen LogP contribution in [0.2, 0.25) is 0 Å². The molecule has 194 valence electrons. The number of aliphatic hydroxyl groups is 2. The molecule has 13 heteroatoms. The molecule has 0 atom stereocenters. The lowest BCUT2D eigenvalue weighted by atomic mass is 9.72. The quantitative estimate of drug-likeness (QED) is 0.158. The molecule has 0 aromatic heterocycles. The lowest BCUT2D eigenvalue weighted by molar-refractivity contribution is -0.139. The first kappa shape index (κ1) is 26.4. The molecule has 0 unspecified atom stereocenters. The summed E-state index contributed by atoms with van der Waals surface area (Å²) in [5, 5.41) is 21.7. The molecule has 1 aliphatic carbocycles. The molecule has 0 bridgehead atoms. The number of carbonyl (C=O) groups is 5. The van der Waals surface area contributed by atoms with Crippen molar-refractivity contribution in [2.24, 2.45) is 16.9 Å². The molecule has 3 aliphatic rings. The van der Waals surface area contributed by atoms with Crippen LogP contribution in [-0.4, -0.2) is 92.6 Å². The number of amides is 7. The van der Waals surface area contributed by atoms with Crippen molar-refractivity contribution in [3.05, 3.63) is 11.4 Å². The molecule has 7 amide bonds. The highest BCUT2D eigenvalue weighted by Gasteiger charge is 2.55. The number of rotatable bonds is 8. The van der Waals surface area contributed by atoms with Gasteiger partial charge in [0.15, 0.2) is 5.54 Å². The largest absolute Gasteiger partial charge is 0.393 e. The normalized spacial score (nSPS) is 27.1. The summed E-state index contributed by atoms with van der Waals surface area (Å²) in [6.45, 7) is 2.58. The molecule has 35 heavy (non-hydrogen) atoms. The van der Waals surface area contributed by atoms with Gasteiger partial charge in [0, 0.05) is 19.1 Å². The minimum Gasteiger partial charge on any atom is -0.393 e. The summed E-state index contributed by atoms with van der Waals surface area (Å²) in [7, 11) is 0. The second-order valence-electron chi connectivity index (χ2n) is 9.83. The second kappa shape index (κ2) is 9.82. The number of hydrogen-bond acceptors (Lipinski definition) is 9. The molecule has 0 radical (unpaired) electrons. The van der Waals surface area contributed by atoms with E-state index in [9.17, 15) is 34.2 Å². The van der Waals surface area contributed by atoms with Crippen molar-refractivity contribution in [3.8, 4) is 0 Å². The SMILES string of the molecule is CCCCN1C(=O)C(=C(N)N)C(=O)N(C2CCC(C)(CN3C(=O)NC(=O)C3(CO)CO)CC2)C1=O. The van der Waals surface area contributed by atoms with Crippen LogP contribution in [0.3, 0.4) is 0 Å². The Morgan fingerprint density at radius 1 is 1.06 bits per heavy atom. The summed E-state index contributed by atoms with van der Waals surface area (Å²) in [5.74, 6) is -2.80. The van der Waals surface area contributed by atoms with E-state index in [2.05, 4.69) is 5.32 Å². The Bertz CT molecular complexity index is 948. The monoisotopic (exact) mass is 494 g/mol. The van der Waals surface area contributed by atoms with E-state index < -0.39 is 71.4 Å². The van der Waals surface area contributed by atoms with Crippen LogP contribution in [0.25, 0.3) is 0 Å². The van der Waals surface area contributed by atoms with Crippen LogP contribution in [0.1, 0.15) is 52.4 Å². The van der Waals surface area contributed by atoms with Crippen LogP contribution < -0.4 is 16.8 Å². The number of nitrogens with two attached hydrogens (primary N) is 2. The van der Waals surface area contributed by atoms with Gasteiger partial charge in [0.1, 0.15) is 11.4 Å². The Morgan fingerprint density at radius 2 is 1.66 bits per heavy atom. The van der Waals surface area contributed by atoms with Gasteiger partial charge in [0.2, 0.25) is 0 Å². The highest BCUT2D eigenvalue weighted by molar-refractivity contribution is 6.29. The lowest BCUT2D eigenvalue weighted by Gasteiger charge is -2.46. The molecule has 3 fully saturated rings. The molecule has 13 nitrogen and oxygen atoms in total. The molecule has 7 N–H and O–H groups in total. The van der Waals surface area contributed by atoms with E-state index in [1.165, 1.54) is 0 Å². The van der Waals surface area contributed by atoms with Gasteiger partial charge in [-0.2, -0.15) is 0 Å². The topological polar surface area (TPSA) is 200 Å². The van der Waals surface area contributed by atoms with Crippen LogP contribution in [0, 0.1) is 5.41 Å². The number of aliphatic hydroxyl groups excluding tert-OH is 2. The van der Waals surface area contributed by atoms with Crippen LogP contribution in [-0.2, 0) is 14.4 Å². The molecule has 1 saturated carbocycles. The van der Waals surface area contributed by atoms with E-state index in [1.807, 2.05) is 13.8 Å². The number of urea groups is 2. The summed E-state index contributed by atoms with van der Waals surface area (Å²) >= 11 is 0. The number of nitrogens with zero attached hydrogens (tertiary/aromatic N) is 3. The minimum atomic E-state index is -1.74. The zero-order valence-electron chi connectivity index (χ0n) is 20.1. The van der Waals surface area contributed by atoms with Gasteiger partial charge in [-0.15, -0.1) is 0 Å². The molecule has 0 aromatic rings. The van der Waals surface area contributed by atoms with Crippen molar-refractivity contribution in [1.29, 1.82) is 0 Å². The van der Waals surface area contributed by atoms with E-state index in [-0.39, 0.29) is 13.1 Å². The van der Waals surface area contributed by atoms with Gasteiger partial charge in [0.25, 0.3) is 17.7 Å². The first-order valence-electron chi connectivity index (χ1n) is 11.8. The Morgan fingerprint density at radius 3 is 2.17 bits per heavy atom. The van der Waals surface area contributed by atoms with E-state index >= 15 is 0 Å². The molecular formula is C22H34N6O7. The number of carbonyl (C=O) groups excluding carboxylic acids is 5.